The van der Waals surface area contributed by atoms with Gasteiger partial charge in [0.1, 0.15) is 5.82 Å². The highest BCUT2D eigenvalue weighted by atomic mass is 14.9. The molecule has 1 heterocycles. The molecule has 16 heavy (non-hydrogen) atoms. The van der Waals surface area contributed by atoms with Crippen molar-refractivity contribution in [3.63, 3.8) is 0 Å². The fourth-order valence-electron chi connectivity index (χ4n) is 2.04. The third-order valence-corrected chi connectivity index (χ3v) is 3.10. The molecule has 1 aromatic carbocycles. The minimum absolute atomic E-state index is 0.585. The van der Waals surface area contributed by atoms with Crippen molar-refractivity contribution in [2.24, 2.45) is 11.7 Å². The van der Waals surface area contributed by atoms with Gasteiger partial charge in [0, 0.05) is 0 Å². The molecule has 1 unspecified atom stereocenters. The minimum atomic E-state index is 0.585. The maximum Gasteiger partial charge on any atom is 0.104 e. The summed E-state index contributed by atoms with van der Waals surface area (Å²) in [5, 5.41) is 0. The second kappa shape index (κ2) is 4.66. The fraction of sp³-hybridized carbons (Fsp3) is 0.462. The maximum absolute atomic E-state index is 5.73. The van der Waals surface area contributed by atoms with E-state index in [-0.39, 0.29) is 0 Å². The number of aromatic amines is 1. The zero-order valence-electron chi connectivity index (χ0n) is 9.96. The highest BCUT2D eigenvalue weighted by Crippen LogP contribution is 2.17. The number of aryl methyl sites for hydroxylation is 1. The number of fused-ring (bicyclic) bond motifs is 1. The van der Waals surface area contributed by atoms with E-state index in [1.807, 2.05) is 6.92 Å². The van der Waals surface area contributed by atoms with Crippen molar-refractivity contribution in [2.75, 3.05) is 6.54 Å². The lowest BCUT2D eigenvalue weighted by Gasteiger charge is -2.11. The fourth-order valence-corrected chi connectivity index (χ4v) is 2.04. The topological polar surface area (TPSA) is 54.7 Å². The van der Waals surface area contributed by atoms with Crippen LogP contribution in [0, 0.1) is 12.8 Å². The largest absolute Gasteiger partial charge is 0.342 e. The molecule has 86 valence electrons. The molecule has 0 aliphatic heterocycles. The van der Waals surface area contributed by atoms with Gasteiger partial charge >= 0.3 is 0 Å². The molecule has 3 nitrogen and oxygen atoms in total. The summed E-state index contributed by atoms with van der Waals surface area (Å²) in [6.07, 6.45) is 2.19. The summed E-state index contributed by atoms with van der Waals surface area (Å²) in [6, 6.07) is 6.42. The van der Waals surface area contributed by atoms with Gasteiger partial charge in [-0.15, -0.1) is 0 Å². The Balaban J connectivity index is 2.24. The molecular formula is C13H19N3. The summed E-state index contributed by atoms with van der Waals surface area (Å²) in [6.45, 7) is 4.93. The number of nitrogens with one attached hydrogen (secondary N) is 1. The van der Waals surface area contributed by atoms with Crippen LogP contribution in [0.25, 0.3) is 11.0 Å². The molecule has 2 aromatic rings. The van der Waals surface area contributed by atoms with Crippen molar-refractivity contribution < 1.29 is 0 Å². The molecule has 0 saturated carbocycles. The number of rotatable bonds is 4. The summed E-state index contributed by atoms with van der Waals surface area (Å²) < 4.78 is 0. The molecule has 0 aliphatic carbocycles. The van der Waals surface area contributed by atoms with Gasteiger partial charge in [0.05, 0.1) is 11.0 Å². The van der Waals surface area contributed by atoms with Crippen LogP contribution in [0.4, 0.5) is 0 Å². The number of H-pyrrole nitrogens is 1. The van der Waals surface area contributed by atoms with Crippen molar-refractivity contribution in [2.45, 2.75) is 26.7 Å². The second-order valence-corrected chi connectivity index (χ2v) is 4.39. The van der Waals surface area contributed by atoms with Gasteiger partial charge in [0.15, 0.2) is 0 Å². The maximum atomic E-state index is 5.73. The number of hydrogen-bond donors (Lipinski definition) is 2. The van der Waals surface area contributed by atoms with Crippen LogP contribution >= 0.6 is 0 Å². The van der Waals surface area contributed by atoms with Gasteiger partial charge < -0.3 is 10.7 Å². The Labute approximate surface area is 96.1 Å². The molecule has 0 radical (unpaired) electrons. The van der Waals surface area contributed by atoms with E-state index in [9.17, 15) is 0 Å². The minimum Gasteiger partial charge on any atom is -0.342 e. The Morgan fingerprint density at radius 1 is 1.44 bits per heavy atom. The lowest BCUT2D eigenvalue weighted by atomic mass is 9.97. The summed E-state index contributed by atoms with van der Waals surface area (Å²) in [4.78, 5) is 7.66. The molecule has 0 fully saturated rings. The van der Waals surface area contributed by atoms with Gasteiger partial charge in [0.2, 0.25) is 0 Å². The lowest BCUT2D eigenvalue weighted by Crippen LogP contribution is -2.15. The van der Waals surface area contributed by atoms with Crippen LogP contribution < -0.4 is 5.73 Å². The molecular weight excluding hydrogens is 198 g/mol. The first-order valence-electron chi connectivity index (χ1n) is 5.88. The van der Waals surface area contributed by atoms with Gasteiger partial charge in [-0.3, -0.25) is 0 Å². The first kappa shape index (κ1) is 11.1. The van der Waals surface area contributed by atoms with Crippen LogP contribution in [-0.2, 0) is 6.42 Å². The average Bonchev–Trinajstić information content (AvgIpc) is 2.65. The van der Waals surface area contributed by atoms with Crippen molar-refractivity contribution in [1.82, 2.24) is 9.97 Å². The lowest BCUT2D eigenvalue weighted by molar-refractivity contribution is 0.519. The molecule has 1 aromatic heterocycles. The molecule has 3 N–H and O–H groups in total. The van der Waals surface area contributed by atoms with E-state index in [2.05, 4.69) is 35.1 Å². The number of imidazole rings is 1. The van der Waals surface area contributed by atoms with Crippen molar-refractivity contribution in [3.8, 4) is 0 Å². The van der Waals surface area contributed by atoms with Gasteiger partial charge in [0.25, 0.3) is 0 Å². The predicted octanol–water partition coefficient (Wildman–Crippen LogP) is 2.40. The number of aromatic nitrogens is 2. The number of benzene rings is 1. The summed E-state index contributed by atoms with van der Waals surface area (Å²) >= 11 is 0. The Hall–Kier alpha value is -1.35. The van der Waals surface area contributed by atoms with Crippen LogP contribution in [0.1, 0.15) is 24.7 Å². The Bertz CT molecular complexity index is 469. The van der Waals surface area contributed by atoms with E-state index in [1.165, 1.54) is 5.56 Å². The number of nitrogens with zero attached hydrogens (tertiary/aromatic N) is 1. The molecule has 2 rings (SSSR count). The first-order valence-corrected chi connectivity index (χ1v) is 5.88. The zero-order chi connectivity index (χ0) is 11.5. The normalized spacial score (nSPS) is 13.2. The van der Waals surface area contributed by atoms with Gasteiger partial charge in [-0.1, -0.05) is 19.4 Å². The molecule has 3 heteroatoms. The zero-order valence-corrected chi connectivity index (χ0v) is 9.96. The van der Waals surface area contributed by atoms with Crippen molar-refractivity contribution in [3.05, 3.63) is 29.6 Å². The van der Waals surface area contributed by atoms with Crippen LogP contribution in [-0.4, -0.2) is 16.5 Å². The van der Waals surface area contributed by atoms with E-state index in [0.29, 0.717) is 5.92 Å². The highest BCUT2D eigenvalue weighted by Gasteiger charge is 2.06. The van der Waals surface area contributed by atoms with E-state index >= 15 is 0 Å². The number of hydrogen-bond acceptors (Lipinski definition) is 2. The van der Waals surface area contributed by atoms with Gasteiger partial charge in [-0.05, 0) is 43.5 Å². The molecule has 1 atom stereocenters. The first-order chi connectivity index (χ1) is 7.72. The SMILES string of the molecule is CCC(CN)Cc1ccc2nc(C)[nH]c2c1. The van der Waals surface area contributed by atoms with E-state index in [0.717, 1.165) is 36.2 Å². The Morgan fingerprint density at radius 2 is 2.25 bits per heavy atom. The van der Waals surface area contributed by atoms with E-state index < -0.39 is 0 Å². The number of nitrogens with two attached hydrogens (primary N) is 1. The molecule has 0 saturated heterocycles. The van der Waals surface area contributed by atoms with E-state index in [4.69, 9.17) is 5.73 Å². The van der Waals surface area contributed by atoms with Gasteiger partial charge in [-0.2, -0.15) is 0 Å². The highest BCUT2D eigenvalue weighted by molar-refractivity contribution is 5.75. The monoisotopic (exact) mass is 217 g/mol. The molecule has 0 spiro atoms. The Kier molecular flexibility index (Phi) is 3.25. The molecule has 0 bridgehead atoms. The van der Waals surface area contributed by atoms with Crippen LogP contribution in [0.5, 0.6) is 0 Å². The van der Waals surface area contributed by atoms with E-state index in [1.54, 1.807) is 0 Å². The van der Waals surface area contributed by atoms with Crippen LogP contribution in [0.3, 0.4) is 0 Å². The van der Waals surface area contributed by atoms with Crippen LogP contribution in [0.2, 0.25) is 0 Å². The third kappa shape index (κ3) is 2.25. The molecule has 0 aliphatic rings. The third-order valence-electron chi connectivity index (χ3n) is 3.10. The van der Waals surface area contributed by atoms with Crippen LogP contribution in [0.15, 0.2) is 18.2 Å². The standard InChI is InChI=1S/C13H19N3/c1-3-10(8-14)6-11-4-5-12-13(7-11)16-9(2)15-12/h4-5,7,10H,3,6,8,14H2,1-2H3,(H,15,16). The molecule has 0 amide bonds. The van der Waals surface area contributed by atoms with Gasteiger partial charge in [-0.25, -0.2) is 4.98 Å². The van der Waals surface area contributed by atoms with Crippen molar-refractivity contribution in [1.29, 1.82) is 0 Å². The second-order valence-electron chi connectivity index (χ2n) is 4.39. The predicted molar refractivity (Wildman–Crippen MR) is 67.4 cm³/mol. The summed E-state index contributed by atoms with van der Waals surface area (Å²) in [7, 11) is 0. The smallest absolute Gasteiger partial charge is 0.104 e. The summed E-state index contributed by atoms with van der Waals surface area (Å²) in [5.74, 6) is 1.56. The summed E-state index contributed by atoms with van der Waals surface area (Å²) in [5.41, 5.74) is 9.24. The van der Waals surface area contributed by atoms with Crippen molar-refractivity contribution >= 4 is 11.0 Å². The average molecular weight is 217 g/mol. The quantitative estimate of drug-likeness (QED) is 0.826. The Morgan fingerprint density at radius 3 is 2.94 bits per heavy atom.